The molecule has 0 spiro atoms. The standard InChI is InChI=1S/C10H21NO.ClH/c11-8-10(12)9-6-4-2-1-3-5-7-9;/h9-10,12H,1-8,11H2;1H. The average Bonchev–Trinajstić information content (AvgIpc) is 2.02. The molecule has 0 saturated heterocycles. The Bertz CT molecular complexity index is 113. The SMILES string of the molecule is Cl.NCC(O)C1CCCCCCC1. The van der Waals surface area contributed by atoms with Crippen molar-refractivity contribution in [1.82, 2.24) is 0 Å². The van der Waals surface area contributed by atoms with Crippen LogP contribution in [-0.4, -0.2) is 17.8 Å². The highest BCUT2D eigenvalue weighted by molar-refractivity contribution is 5.85. The normalized spacial score (nSPS) is 22.6. The lowest BCUT2D eigenvalue weighted by Gasteiger charge is -2.23. The molecule has 0 amide bonds. The Kier molecular flexibility index (Phi) is 7.72. The maximum Gasteiger partial charge on any atom is 0.0690 e. The van der Waals surface area contributed by atoms with E-state index in [1.807, 2.05) is 0 Å². The molecule has 1 rings (SSSR count). The third-order valence-electron chi connectivity index (χ3n) is 2.94. The van der Waals surface area contributed by atoms with Crippen molar-refractivity contribution >= 4 is 12.4 Å². The Morgan fingerprint density at radius 3 is 2.00 bits per heavy atom. The van der Waals surface area contributed by atoms with Crippen LogP contribution in [-0.2, 0) is 0 Å². The minimum Gasteiger partial charge on any atom is -0.392 e. The molecule has 0 bridgehead atoms. The summed E-state index contributed by atoms with van der Waals surface area (Å²) in [6.45, 7) is 0.435. The Morgan fingerprint density at radius 1 is 1.08 bits per heavy atom. The second-order valence-electron chi connectivity index (χ2n) is 3.91. The van der Waals surface area contributed by atoms with E-state index in [1.165, 1.54) is 44.9 Å². The zero-order valence-corrected chi connectivity index (χ0v) is 9.06. The van der Waals surface area contributed by atoms with Crippen molar-refractivity contribution in [1.29, 1.82) is 0 Å². The van der Waals surface area contributed by atoms with Gasteiger partial charge in [0.1, 0.15) is 0 Å². The number of halogens is 1. The van der Waals surface area contributed by atoms with E-state index in [2.05, 4.69) is 0 Å². The van der Waals surface area contributed by atoms with Crippen molar-refractivity contribution in [3.8, 4) is 0 Å². The average molecular weight is 208 g/mol. The first kappa shape index (κ1) is 13.2. The first-order valence-electron chi connectivity index (χ1n) is 5.22. The summed E-state index contributed by atoms with van der Waals surface area (Å²) in [4.78, 5) is 0. The molecule has 1 unspecified atom stereocenters. The van der Waals surface area contributed by atoms with E-state index in [4.69, 9.17) is 5.73 Å². The van der Waals surface area contributed by atoms with Gasteiger partial charge >= 0.3 is 0 Å². The fourth-order valence-electron chi connectivity index (χ4n) is 2.06. The zero-order valence-electron chi connectivity index (χ0n) is 8.24. The maximum absolute atomic E-state index is 9.57. The molecule has 13 heavy (non-hydrogen) atoms. The van der Waals surface area contributed by atoms with Crippen LogP contribution in [0.25, 0.3) is 0 Å². The summed E-state index contributed by atoms with van der Waals surface area (Å²) in [5, 5.41) is 9.57. The van der Waals surface area contributed by atoms with Crippen LogP contribution in [0.15, 0.2) is 0 Å². The highest BCUT2D eigenvalue weighted by atomic mass is 35.5. The number of nitrogens with two attached hydrogens (primary N) is 1. The van der Waals surface area contributed by atoms with Gasteiger partial charge in [-0.05, 0) is 18.8 Å². The van der Waals surface area contributed by atoms with Crippen LogP contribution < -0.4 is 5.73 Å². The van der Waals surface area contributed by atoms with E-state index in [0.717, 1.165) is 0 Å². The van der Waals surface area contributed by atoms with Crippen molar-refractivity contribution in [3.63, 3.8) is 0 Å². The summed E-state index contributed by atoms with van der Waals surface area (Å²) in [6.07, 6.45) is 8.73. The molecular weight excluding hydrogens is 186 g/mol. The summed E-state index contributed by atoms with van der Waals surface area (Å²) < 4.78 is 0. The van der Waals surface area contributed by atoms with Gasteiger partial charge in [-0.2, -0.15) is 0 Å². The van der Waals surface area contributed by atoms with E-state index in [-0.39, 0.29) is 18.5 Å². The molecule has 3 heteroatoms. The summed E-state index contributed by atoms with van der Waals surface area (Å²) >= 11 is 0. The Labute approximate surface area is 87.3 Å². The Morgan fingerprint density at radius 2 is 1.54 bits per heavy atom. The van der Waals surface area contributed by atoms with E-state index in [9.17, 15) is 5.11 Å². The third-order valence-corrected chi connectivity index (χ3v) is 2.94. The van der Waals surface area contributed by atoms with Crippen LogP contribution in [0.2, 0.25) is 0 Å². The number of rotatable bonds is 2. The predicted octanol–water partition coefficient (Wildman–Crippen LogP) is 2.09. The van der Waals surface area contributed by atoms with Gasteiger partial charge in [0.2, 0.25) is 0 Å². The number of aliphatic hydroxyl groups excluding tert-OH is 1. The minimum atomic E-state index is -0.247. The summed E-state index contributed by atoms with van der Waals surface area (Å²) in [5.74, 6) is 0.482. The molecule has 0 radical (unpaired) electrons. The quantitative estimate of drug-likeness (QED) is 0.729. The highest BCUT2D eigenvalue weighted by Crippen LogP contribution is 2.24. The zero-order chi connectivity index (χ0) is 8.81. The van der Waals surface area contributed by atoms with Crippen LogP contribution in [0.4, 0.5) is 0 Å². The summed E-state index contributed by atoms with van der Waals surface area (Å²) in [5.41, 5.74) is 5.44. The van der Waals surface area contributed by atoms with Crippen molar-refractivity contribution < 1.29 is 5.11 Å². The van der Waals surface area contributed by atoms with Crippen LogP contribution >= 0.6 is 12.4 Å². The van der Waals surface area contributed by atoms with Gasteiger partial charge in [0.15, 0.2) is 0 Å². The minimum absolute atomic E-state index is 0. The van der Waals surface area contributed by atoms with Crippen LogP contribution in [0.1, 0.15) is 44.9 Å². The fourth-order valence-corrected chi connectivity index (χ4v) is 2.06. The van der Waals surface area contributed by atoms with Crippen molar-refractivity contribution in [2.75, 3.05) is 6.54 Å². The molecule has 80 valence electrons. The number of hydrogen-bond acceptors (Lipinski definition) is 2. The maximum atomic E-state index is 9.57. The molecule has 0 heterocycles. The third kappa shape index (κ3) is 4.84. The van der Waals surface area contributed by atoms with Crippen molar-refractivity contribution in [2.24, 2.45) is 11.7 Å². The first-order valence-corrected chi connectivity index (χ1v) is 5.22. The predicted molar refractivity (Wildman–Crippen MR) is 58.1 cm³/mol. The largest absolute Gasteiger partial charge is 0.392 e. The lowest BCUT2D eigenvalue weighted by molar-refractivity contribution is 0.0984. The van der Waals surface area contributed by atoms with Gasteiger partial charge in [0, 0.05) is 6.54 Å². The van der Waals surface area contributed by atoms with E-state index >= 15 is 0 Å². The topological polar surface area (TPSA) is 46.2 Å². The molecule has 1 atom stereocenters. The first-order chi connectivity index (χ1) is 5.84. The lowest BCUT2D eigenvalue weighted by Crippen LogP contribution is -2.29. The second kappa shape index (κ2) is 7.60. The van der Waals surface area contributed by atoms with E-state index in [0.29, 0.717) is 12.5 Å². The van der Waals surface area contributed by atoms with Gasteiger partial charge in [-0.3, -0.25) is 0 Å². The Hall–Kier alpha value is 0.210. The number of hydrogen-bond donors (Lipinski definition) is 2. The van der Waals surface area contributed by atoms with Crippen molar-refractivity contribution in [2.45, 2.75) is 51.0 Å². The molecule has 1 aliphatic carbocycles. The molecule has 0 aromatic rings. The van der Waals surface area contributed by atoms with E-state index in [1.54, 1.807) is 0 Å². The molecule has 1 fully saturated rings. The lowest BCUT2D eigenvalue weighted by atomic mass is 9.87. The van der Waals surface area contributed by atoms with Crippen molar-refractivity contribution in [3.05, 3.63) is 0 Å². The molecule has 2 nitrogen and oxygen atoms in total. The molecule has 0 aliphatic heterocycles. The van der Waals surface area contributed by atoms with Crippen LogP contribution in [0.5, 0.6) is 0 Å². The van der Waals surface area contributed by atoms with Crippen LogP contribution in [0.3, 0.4) is 0 Å². The molecule has 1 aliphatic rings. The van der Waals surface area contributed by atoms with Gasteiger partial charge in [-0.25, -0.2) is 0 Å². The molecule has 1 saturated carbocycles. The van der Waals surface area contributed by atoms with Gasteiger partial charge in [-0.1, -0.05) is 32.1 Å². The Balaban J connectivity index is 0.00000144. The van der Waals surface area contributed by atoms with Gasteiger partial charge in [-0.15, -0.1) is 12.4 Å². The van der Waals surface area contributed by atoms with Crippen LogP contribution in [0, 0.1) is 5.92 Å². The summed E-state index contributed by atoms with van der Waals surface area (Å²) in [7, 11) is 0. The molecular formula is C10H22ClNO. The molecule has 0 aromatic carbocycles. The molecule has 3 N–H and O–H groups in total. The van der Waals surface area contributed by atoms with Gasteiger partial charge in [0.25, 0.3) is 0 Å². The molecule has 0 aromatic heterocycles. The van der Waals surface area contributed by atoms with Gasteiger partial charge in [0.05, 0.1) is 6.10 Å². The fraction of sp³-hybridized carbons (Fsp3) is 1.00. The monoisotopic (exact) mass is 207 g/mol. The smallest absolute Gasteiger partial charge is 0.0690 e. The second-order valence-corrected chi connectivity index (χ2v) is 3.91. The summed E-state index contributed by atoms with van der Waals surface area (Å²) in [6, 6.07) is 0. The highest BCUT2D eigenvalue weighted by Gasteiger charge is 2.18. The number of aliphatic hydroxyl groups is 1. The van der Waals surface area contributed by atoms with E-state index < -0.39 is 0 Å². The van der Waals surface area contributed by atoms with Gasteiger partial charge < -0.3 is 10.8 Å².